The number of esters is 4. The summed E-state index contributed by atoms with van der Waals surface area (Å²) >= 11 is 6.43. The van der Waals surface area contributed by atoms with Crippen LogP contribution in [-0.2, 0) is 53.4 Å². The highest BCUT2D eigenvalue weighted by Crippen LogP contribution is 2.43. The third kappa shape index (κ3) is 7.84. The van der Waals surface area contributed by atoms with Gasteiger partial charge in [-0.15, -0.1) is 0 Å². The molecule has 1 aliphatic heterocycles. The molecule has 1 heterocycles. The Balaban J connectivity index is 2.05. The topological polar surface area (TPSA) is 153 Å². The van der Waals surface area contributed by atoms with Gasteiger partial charge in [0.2, 0.25) is 11.9 Å². The standard InChI is InChI=1S/C27H35ClO12/c1-14(29)35-13-23-24(36-15(2)30)25(37-16(3)31)26(38-17(4)32)27(33,40-23)18-6-11-21(28)22(12-18)39-20-9-7-19(34-5)8-10-20/h6,11-12,19-20,23-26,33H,7-10,13H2,1-5H3/t19-,20+,23-,24-,25+,26-,27+/m1/s1. The van der Waals surface area contributed by atoms with Crippen molar-refractivity contribution in [2.75, 3.05) is 13.7 Å². The number of benzene rings is 1. The lowest BCUT2D eigenvalue weighted by Crippen LogP contribution is -2.66. The van der Waals surface area contributed by atoms with Crippen LogP contribution in [0, 0.1) is 0 Å². The zero-order chi connectivity index (χ0) is 29.6. The second-order valence-corrected chi connectivity index (χ2v) is 10.1. The Labute approximate surface area is 237 Å². The van der Waals surface area contributed by atoms with Gasteiger partial charge in [0, 0.05) is 40.4 Å². The molecule has 222 valence electrons. The van der Waals surface area contributed by atoms with E-state index in [2.05, 4.69) is 0 Å². The second-order valence-electron chi connectivity index (χ2n) is 9.73. The van der Waals surface area contributed by atoms with Gasteiger partial charge in [0.05, 0.1) is 17.2 Å². The number of halogens is 1. The number of carbonyl (C=O) groups excluding carboxylic acids is 4. The number of ether oxygens (including phenoxy) is 7. The lowest BCUT2D eigenvalue weighted by atomic mass is 9.87. The predicted molar refractivity (Wildman–Crippen MR) is 137 cm³/mol. The Bertz CT molecular complexity index is 1090. The van der Waals surface area contributed by atoms with Crippen LogP contribution < -0.4 is 4.74 Å². The average Bonchev–Trinajstić information content (AvgIpc) is 2.87. The second kappa shape index (κ2) is 13.6. The summed E-state index contributed by atoms with van der Waals surface area (Å²) in [6.45, 7) is 3.96. The zero-order valence-electron chi connectivity index (χ0n) is 23.0. The van der Waals surface area contributed by atoms with Crippen LogP contribution in [0.3, 0.4) is 0 Å². The normalized spacial score (nSPS) is 30.1. The molecule has 1 saturated carbocycles. The maximum absolute atomic E-state index is 12.2. The molecule has 1 N–H and O–H groups in total. The molecular formula is C27H35ClO12. The number of carbonyl (C=O) groups is 4. The van der Waals surface area contributed by atoms with E-state index in [1.807, 2.05) is 0 Å². The maximum atomic E-state index is 12.2. The minimum Gasteiger partial charge on any atom is -0.489 e. The Morgan fingerprint density at radius 3 is 2.02 bits per heavy atom. The molecule has 40 heavy (non-hydrogen) atoms. The summed E-state index contributed by atoms with van der Waals surface area (Å²) in [6.07, 6.45) is -2.96. The third-order valence-corrected chi connectivity index (χ3v) is 6.96. The number of rotatable bonds is 9. The molecule has 13 heteroatoms. The summed E-state index contributed by atoms with van der Waals surface area (Å²) in [4.78, 5) is 47.8. The van der Waals surface area contributed by atoms with E-state index in [1.165, 1.54) is 18.2 Å². The Morgan fingerprint density at radius 2 is 1.48 bits per heavy atom. The summed E-state index contributed by atoms with van der Waals surface area (Å²) in [5, 5.41) is 12.3. The Hall–Kier alpha value is -2.93. The first-order chi connectivity index (χ1) is 18.8. The molecule has 0 bridgehead atoms. The van der Waals surface area contributed by atoms with Crippen LogP contribution >= 0.6 is 11.6 Å². The van der Waals surface area contributed by atoms with Crippen LogP contribution in [0.1, 0.15) is 58.9 Å². The van der Waals surface area contributed by atoms with Gasteiger partial charge in [-0.1, -0.05) is 17.7 Å². The highest BCUT2D eigenvalue weighted by atomic mass is 35.5. The fourth-order valence-electron chi connectivity index (χ4n) is 4.89. The predicted octanol–water partition coefficient (Wildman–Crippen LogP) is 2.58. The quantitative estimate of drug-likeness (QED) is 0.334. The first-order valence-corrected chi connectivity index (χ1v) is 13.3. The van der Waals surface area contributed by atoms with Crippen molar-refractivity contribution >= 4 is 35.5 Å². The Morgan fingerprint density at radius 1 is 0.900 bits per heavy atom. The van der Waals surface area contributed by atoms with Crippen molar-refractivity contribution in [2.45, 2.75) is 95.8 Å². The lowest BCUT2D eigenvalue weighted by Gasteiger charge is -2.48. The van der Waals surface area contributed by atoms with E-state index in [-0.39, 0.29) is 28.5 Å². The van der Waals surface area contributed by atoms with E-state index < -0.39 is 60.7 Å². The zero-order valence-corrected chi connectivity index (χ0v) is 23.8. The van der Waals surface area contributed by atoms with Crippen LogP contribution in [0.25, 0.3) is 0 Å². The molecule has 2 fully saturated rings. The van der Waals surface area contributed by atoms with Gasteiger partial charge < -0.3 is 38.3 Å². The van der Waals surface area contributed by atoms with Crippen molar-refractivity contribution in [1.29, 1.82) is 0 Å². The van der Waals surface area contributed by atoms with Crippen LogP contribution in [-0.4, -0.2) is 79.3 Å². The lowest BCUT2D eigenvalue weighted by molar-refractivity contribution is -0.360. The SMILES string of the molecule is CO[C@H]1CC[C@@H](Oc2cc([C@]3(O)O[C@H](COC(C)=O)[C@@H](OC(C)=O)[C@H](OC(C)=O)[C@H]3OC(C)=O)ccc2Cl)CC1. The minimum atomic E-state index is -2.48. The molecule has 0 amide bonds. The van der Waals surface area contributed by atoms with Crippen LogP contribution in [0.2, 0.25) is 5.02 Å². The highest BCUT2D eigenvalue weighted by molar-refractivity contribution is 6.32. The molecular weight excluding hydrogens is 552 g/mol. The number of hydrogen-bond acceptors (Lipinski definition) is 12. The summed E-state index contributed by atoms with van der Waals surface area (Å²) in [6, 6.07) is 4.33. The van der Waals surface area contributed by atoms with Crippen molar-refractivity contribution in [3.05, 3.63) is 28.8 Å². The van der Waals surface area contributed by atoms with Gasteiger partial charge >= 0.3 is 23.9 Å². The van der Waals surface area contributed by atoms with Crippen molar-refractivity contribution in [1.82, 2.24) is 0 Å². The summed E-state index contributed by atoms with van der Waals surface area (Å²) in [5.74, 6) is -5.36. The van der Waals surface area contributed by atoms with Crippen LogP contribution in [0.5, 0.6) is 5.75 Å². The number of hydrogen-bond donors (Lipinski definition) is 1. The fraction of sp³-hybridized carbons (Fsp3) is 0.630. The number of aliphatic hydroxyl groups is 1. The van der Waals surface area contributed by atoms with Gasteiger partial charge in [0.1, 0.15) is 18.5 Å². The molecule has 0 spiro atoms. The molecule has 0 unspecified atom stereocenters. The van der Waals surface area contributed by atoms with E-state index in [9.17, 15) is 24.3 Å². The van der Waals surface area contributed by atoms with Crippen molar-refractivity contribution in [2.24, 2.45) is 0 Å². The summed E-state index contributed by atoms with van der Waals surface area (Å²) in [7, 11) is 1.67. The van der Waals surface area contributed by atoms with Crippen molar-refractivity contribution in [3.63, 3.8) is 0 Å². The van der Waals surface area contributed by atoms with E-state index in [0.717, 1.165) is 53.4 Å². The molecule has 1 saturated heterocycles. The maximum Gasteiger partial charge on any atom is 0.303 e. The van der Waals surface area contributed by atoms with E-state index in [1.54, 1.807) is 7.11 Å². The fourth-order valence-corrected chi connectivity index (χ4v) is 5.06. The van der Waals surface area contributed by atoms with Gasteiger partial charge in [-0.05, 0) is 37.8 Å². The summed E-state index contributed by atoms with van der Waals surface area (Å²) < 4.78 is 38.8. The van der Waals surface area contributed by atoms with Gasteiger partial charge in [-0.25, -0.2) is 0 Å². The van der Waals surface area contributed by atoms with Gasteiger partial charge in [0.15, 0.2) is 12.2 Å². The van der Waals surface area contributed by atoms with E-state index in [0.29, 0.717) is 0 Å². The molecule has 3 rings (SSSR count). The monoisotopic (exact) mass is 586 g/mol. The Kier molecular flexibility index (Phi) is 10.8. The molecule has 2 aliphatic rings. The number of methoxy groups -OCH3 is 1. The first-order valence-electron chi connectivity index (χ1n) is 12.9. The smallest absolute Gasteiger partial charge is 0.303 e. The molecule has 1 aliphatic carbocycles. The van der Waals surface area contributed by atoms with Crippen molar-refractivity contribution < 1.29 is 57.4 Å². The first kappa shape index (κ1) is 31.6. The third-order valence-electron chi connectivity index (χ3n) is 6.65. The minimum absolute atomic E-state index is 0.0370. The molecule has 0 aromatic heterocycles. The van der Waals surface area contributed by atoms with E-state index >= 15 is 0 Å². The molecule has 0 radical (unpaired) electrons. The summed E-state index contributed by atoms with van der Waals surface area (Å²) in [5.41, 5.74) is 0.0370. The average molecular weight is 587 g/mol. The largest absolute Gasteiger partial charge is 0.489 e. The van der Waals surface area contributed by atoms with Crippen LogP contribution in [0.15, 0.2) is 18.2 Å². The highest BCUT2D eigenvalue weighted by Gasteiger charge is 2.60. The molecule has 1 aromatic carbocycles. The molecule has 5 atom stereocenters. The van der Waals surface area contributed by atoms with Gasteiger partial charge in [0.25, 0.3) is 0 Å². The van der Waals surface area contributed by atoms with Gasteiger partial charge in [-0.2, -0.15) is 0 Å². The van der Waals surface area contributed by atoms with Crippen molar-refractivity contribution in [3.8, 4) is 5.75 Å². The van der Waals surface area contributed by atoms with Crippen LogP contribution in [0.4, 0.5) is 0 Å². The van der Waals surface area contributed by atoms with E-state index in [4.69, 9.17) is 44.8 Å². The molecule has 12 nitrogen and oxygen atoms in total. The van der Waals surface area contributed by atoms with Gasteiger partial charge in [-0.3, -0.25) is 19.2 Å². The molecule has 1 aromatic rings.